The van der Waals surface area contributed by atoms with Crippen molar-refractivity contribution in [3.05, 3.63) is 15.6 Å². The second-order valence-electron chi connectivity index (χ2n) is 4.61. The van der Waals surface area contributed by atoms with Gasteiger partial charge in [0, 0.05) is 18.0 Å². The van der Waals surface area contributed by atoms with E-state index in [1.54, 1.807) is 11.3 Å². The fourth-order valence-electron chi connectivity index (χ4n) is 1.79. The third kappa shape index (κ3) is 3.76. The Labute approximate surface area is 109 Å². The van der Waals surface area contributed by atoms with Crippen molar-refractivity contribution in [2.75, 3.05) is 13.7 Å². The molecule has 3 nitrogen and oxygen atoms in total. The Morgan fingerprint density at radius 2 is 2.06 bits per heavy atom. The van der Waals surface area contributed by atoms with Gasteiger partial charge in [-0.3, -0.25) is 0 Å². The maximum atomic E-state index is 5.77. The first-order valence-electron chi connectivity index (χ1n) is 6.32. The molecule has 4 heteroatoms. The number of nitrogens with zero attached hydrogens (tertiary/aromatic N) is 1. The van der Waals surface area contributed by atoms with E-state index in [2.05, 4.69) is 26.1 Å². The average Bonchev–Trinajstić information content (AvgIpc) is 2.64. The Hall–Kier alpha value is -0.450. The molecule has 0 saturated carbocycles. The number of hydrogen-bond donors (Lipinski definition) is 1. The molecule has 98 valence electrons. The summed E-state index contributed by atoms with van der Waals surface area (Å²) >= 11 is 1.77. The summed E-state index contributed by atoms with van der Waals surface area (Å²) in [6.45, 7) is 10.0. The lowest BCUT2D eigenvalue weighted by Gasteiger charge is -2.21. The van der Waals surface area contributed by atoms with Crippen molar-refractivity contribution in [2.45, 2.75) is 52.7 Å². The second kappa shape index (κ2) is 6.47. The summed E-state index contributed by atoms with van der Waals surface area (Å²) in [4.78, 5) is 6.11. The zero-order chi connectivity index (χ0) is 12.9. The maximum absolute atomic E-state index is 5.77. The van der Waals surface area contributed by atoms with Gasteiger partial charge in [-0.25, -0.2) is 4.98 Å². The van der Waals surface area contributed by atoms with Gasteiger partial charge < -0.3 is 10.1 Å². The van der Waals surface area contributed by atoms with Gasteiger partial charge in [0.25, 0.3) is 0 Å². The average molecular weight is 256 g/mol. The SMILES string of the molecule is CCCc1nc(C(C)(C)OCC)sc1CNC. The van der Waals surface area contributed by atoms with Crippen molar-refractivity contribution in [3.8, 4) is 0 Å². The molecule has 0 spiro atoms. The lowest BCUT2D eigenvalue weighted by molar-refractivity contribution is -0.0142. The van der Waals surface area contributed by atoms with Gasteiger partial charge in [0.1, 0.15) is 10.6 Å². The predicted octanol–water partition coefficient (Wildman–Crippen LogP) is 3.09. The molecule has 0 atom stereocenters. The predicted molar refractivity (Wildman–Crippen MR) is 73.5 cm³/mol. The van der Waals surface area contributed by atoms with Crippen LogP contribution in [0.2, 0.25) is 0 Å². The van der Waals surface area contributed by atoms with Crippen molar-refractivity contribution >= 4 is 11.3 Å². The molecule has 0 aliphatic heterocycles. The van der Waals surface area contributed by atoms with Crippen LogP contribution in [-0.4, -0.2) is 18.6 Å². The molecule has 17 heavy (non-hydrogen) atoms. The minimum atomic E-state index is -0.270. The van der Waals surface area contributed by atoms with Crippen LogP contribution in [0.3, 0.4) is 0 Å². The highest BCUT2D eigenvalue weighted by Crippen LogP contribution is 2.31. The summed E-state index contributed by atoms with van der Waals surface area (Å²) in [5, 5.41) is 4.30. The Morgan fingerprint density at radius 1 is 1.35 bits per heavy atom. The van der Waals surface area contributed by atoms with E-state index < -0.39 is 0 Å². The lowest BCUT2D eigenvalue weighted by atomic mass is 10.1. The summed E-state index contributed by atoms with van der Waals surface area (Å²) in [5.41, 5.74) is 0.961. The van der Waals surface area contributed by atoms with Crippen LogP contribution in [0.5, 0.6) is 0 Å². The molecule has 0 aliphatic carbocycles. The van der Waals surface area contributed by atoms with Crippen LogP contribution >= 0.6 is 11.3 Å². The molecule has 0 aliphatic rings. The fourth-order valence-corrected chi connectivity index (χ4v) is 2.97. The lowest BCUT2D eigenvalue weighted by Crippen LogP contribution is -2.21. The van der Waals surface area contributed by atoms with Gasteiger partial charge >= 0.3 is 0 Å². The monoisotopic (exact) mass is 256 g/mol. The summed E-state index contributed by atoms with van der Waals surface area (Å²) in [6.07, 6.45) is 2.19. The Morgan fingerprint density at radius 3 is 2.59 bits per heavy atom. The number of hydrogen-bond acceptors (Lipinski definition) is 4. The van der Waals surface area contributed by atoms with Crippen LogP contribution in [0.25, 0.3) is 0 Å². The van der Waals surface area contributed by atoms with E-state index in [9.17, 15) is 0 Å². The standard InChI is InChI=1S/C13H24N2OS/c1-6-8-10-11(9-14-5)17-12(15-10)13(3,4)16-7-2/h14H,6-9H2,1-5H3. The second-order valence-corrected chi connectivity index (χ2v) is 5.70. The van der Waals surface area contributed by atoms with Crippen molar-refractivity contribution in [1.29, 1.82) is 0 Å². The molecule has 0 fully saturated rings. The first-order valence-corrected chi connectivity index (χ1v) is 7.14. The molecule has 1 aromatic rings. The highest BCUT2D eigenvalue weighted by molar-refractivity contribution is 7.11. The highest BCUT2D eigenvalue weighted by atomic mass is 32.1. The molecule has 0 aromatic carbocycles. The quantitative estimate of drug-likeness (QED) is 0.814. The van der Waals surface area contributed by atoms with Crippen LogP contribution < -0.4 is 5.32 Å². The minimum Gasteiger partial charge on any atom is -0.369 e. The van der Waals surface area contributed by atoms with Crippen LogP contribution in [0, 0.1) is 0 Å². The summed E-state index contributed by atoms with van der Waals surface area (Å²) in [6, 6.07) is 0. The third-order valence-corrected chi connectivity index (χ3v) is 4.03. The minimum absolute atomic E-state index is 0.270. The fraction of sp³-hybridized carbons (Fsp3) is 0.769. The Kier molecular flexibility index (Phi) is 5.56. The molecule has 1 heterocycles. The van der Waals surface area contributed by atoms with Gasteiger partial charge in [-0.15, -0.1) is 11.3 Å². The van der Waals surface area contributed by atoms with E-state index in [1.807, 2.05) is 14.0 Å². The smallest absolute Gasteiger partial charge is 0.125 e. The summed E-state index contributed by atoms with van der Waals surface area (Å²) in [5.74, 6) is 0. The first kappa shape index (κ1) is 14.6. The zero-order valence-corrected chi connectivity index (χ0v) is 12.4. The number of aromatic nitrogens is 1. The number of thiazole rings is 1. The Bertz CT molecular complexity index is 324. The number of ether oxygens (including phenoxy) is 1. The molecule has 1 rings (SSSR count). The molecule has 0 bridgehead atoms. The largest absolute Gasteiger partial charge is 0.369 e. The van der Waals surface area contributed by atoms with Crippen molar-refractivity contribution < 1.29 is 4.74 Å². The molecular weight excluding hydrogens is 232 g/mol. The molecule has 1 aromatic heterocycles. The van der Waals surface area contributed by atoms with Gasteiger partial charge in [0.05, 0.1) is 5.69 Å². The van der Waals surface area contributed by atoms with Gasteiger partial charge in [-0.1, -0.05) is 13.3 Å². The van der Waals surface area contributed by atoms with Crippen molar-refractivity contribution in [3.63, 3.8) is 0 Å². The number of aryl methyl sites for hydroxylation is 1. The van der Waals surface area contributed by atoms with E-state index in [0.717, 1.165) is 31.0 Å². The van der Waals surface area contributed by atoms with E-state index in [4.69, 9.17) is 9.72 Å². The van der Waals surface area contributed by atoms with E-state index in [-0.39, 0.29) is 5.60 Å². The molecule has 1 N–H and O–H groups in total. The van der Waals surface area contributed by atoms with Gasteiger partial charge in [0.15, 0.2) is 0 Å². The van der Waals surface area contributed by atoms with Crippen LogP contribution in [0.4, 0.5) is 0 Å². The molecule has 0 saturated heterocycles. The summed E-state index contributed by atoms with van der Waals surface area (Å²) in [7, 11) is 1.98. The molecule has 0 radical (unpaired) electrons. The van der Waals surface area contributed by atoms with E-state index in [0.29, 0.717) is 0 Å². The van der Waals surface area contributed by atoms with Crippen molar-refractivity contribution in [1.82, 2.24) is 10.3 Å². The highest BCUT2D eigenvalue weighted by Gasteiger charge is 2.26. The first-order chi connectivity index (χ1) is 8.05. The Balaban J connectivity index is 2.97. The van der Waals surface area contributed by atoms with Crippen LogP contribution in [0.1, 0.15) is 49.7 Å². The van der Waals surface area contributed by atoms with Crippen LogP contribution in [-0.2, 0) is 23.3 Å². The van der Waals surface area contributed by atoms with Crippen LogP contribution in [0.15, 0.2) is 0 Å². The zero-order valence-electron chi connectivity index (χ0n) is 11.6. The number of rotatable bonds is 7. The number of nitrogens with one attached hydrogen (secondary N) is 1. The van der Waals surface area contributed by atoms with E-state index >= 15 is 0 Å². The molecule has 0 unspecified atom stereocenters. The van der Waals surface area contributed by atoms with Gasteiger partial charge in [-0.05, 0) is 34.2 Å². The van der Waals surface area contributed by atoms with E-state index in [1.165, 1.54) is 10.6 Å². The normalized spacial score (nSPS) is 12.1. The van der Waals surface area contributed by atoms with Gasteiger partial charge in [-0.2, -0.15) is 0 Å². The molecule has 0 amide bonds. The van der Waals surface area contributed by atoms with Crippen molar-refractivity contribution in [2.24, 2.45) is 0 Å². The topological polar surface area (TPSA) is 34.1 Å². The molecular formula is C13H24N2OS. The third-order valence-electron chi connectivity index (χ3n) is 2.62. The van der Waals surface area contributed by atoms with Gasteiger partial charge in [0.2, 0.25) is 0 Å². The maximum Gasteiger partial charge on any atom is 0.125 e. The summed E-state index contributed by atoms with van der Waals surface area (Å²) < 4.78 is 5.77.